The SMILES string of the molecule is CC(=O)Nc1ccc(-c2oc(-c3ccc(C(C)(C)C)cc3)nc2C(=O)N2CCOCC2)cc1. The molecule has 0 saturated carbocycles. The molecule has 0 spiro atoms. The van der Waals surface area contributed by atoms with Gasteiger partial charge >= 0.3 is 0 Å². The van der Waals surface area contributed by atoms with Gasteiger partial charge in [-0.1, -0.05) is 32.9 Å². The van der Waals surface area contributed by atoms with Crippen LogP contribution in [-0.4, -0.2) is 48.0 Å². The lowest BCUT2D eigenvalue weighted by Gasteiger charge is -2.26. The third-order valence-electron chi connectivity index (χ3n) is 5.59. The van der Waals surface area contributed by atoms with Gasteiger partial charge in [0.05, 0.1) is 13.2 Å². The van der Waals surface area contributed by atoms with Crippen LogP contribution in [0.25, 0.3) is 22.8 Å². The van der Waals surface area contributed by atoms with Crippen LogP contribution >= 0.6 is 0 Å². The Bertz CT molecular complexity index is 1140. The van der Waals surface area contributed by atoms with Crippen molar-refractivity contribution in [2.24, 2.45) is 0 Å². The minimum absolute atomic E-state index is 0.0351. The molecule has 1 aliphatic heterocycles. The number of morpholine rings is 1. The molecule has 0 aliphatic carbocycles. The average Bonchev–Trinajstić information content (AvgIpc) is 3.24. The molecule has 33 heavy (non-hydrogen) atoms. The molecule has 4 rings (SSSR count). The Hall–Kier alpha value is -3.45. The molecule has 0 bridgehead atoms. The van der Waals surface area contributed by atoms with Gasteiger partial charge in [-0.15, -0.1) is 0 Å². The zero-order valence-corrected chi connectivity index (χ0v) is 19.5. The summed E-state index contributed by atoms with van der Waals surface area (Å²) in [7, 11) is 0. The van der Waals surface area contributed by atoms with E-state index >= 15 is 0 Å². The highest BCUT2D eigenvalue weighted by molar-refractivity contribution is 5.98. The van der Waals surface area contributed by atoms with E-state index in [1.807, 2.05) is 24.3 Å². The fourth-order valence-electron chi connectivity index (χ4n) is 3.72. The number of carbonyl (C=O) groups excluding carboxylic acids is 2. The topological polar surface area (TPSA) is 84.7 Å². The van der Waals surface area contributed by atoms with E-state index < -0.39 is 0 Å². The molecule has 0 radical (unpaired) electrons. The molecule has 172 valence electrons. The molecule has 2 amide bonds. The van der Waals surface area contributed by atoms with Crippen LogP contribution in [0.1, 0.15) is 43.7 Å². The summed E-state index contributed by atoms with van der Waals surface area (Å²) in [6, 6.07) is 15.2. The zero-order valence-electron chi connectivity index (χ0n) is 19.5. The first kappa shape index (κ1) is 22.7. The molecule has 1 N–H and O–H groups in total. The second kappa shape index (κ2) is 9.19. The Morgan fingerprint density at radius 1 is 0.939 bits per heavy atom. The molecule has 3 aromatic rings. The summed E-state index contributed by atoms with van der Waals surface area (Å²) >= 11 is 0. The third-order valence-corrected chi connectivity index (χ3v) is 5.59. The van der Waals surface area contributed by atoms with Crippen molar-refractivity contribution in [3.8, 4) is 22.8 Å². The van der Waals surface area contributed by atoms with Crippen molar-refractivity contribution < 1.29 is 18.7 Å². The monoisotopic (exact) mass is 447 g/mol. The molecule has 1 aliphatic rings. The molecule has 7 heteroatoms. The van der Waals surface area contributed by atoms with Crippen LogP contribution in [0.2, 0.25) is 0 Å². The van der Waals surface area contributed by atoms with E-state index in [4.69, 9.17) is 9.15 Å². The van der Waals surface area contributed by atoms with Gasteiger partial charge < -0.3 is 19.4 Å². The molecule has 0 atom stereocenters. The number of amides is 2. The van der Waals surface area contributed by atoms with Crippen LogP contribution in [0.3, 0.4) is 0 Å². The van der Waals surface area contributed by atoms with Crippen LogP contribution in [0.5, 0.6) is 0 Å². The summed E-state index contributed by atoms with van der Waals surface area (Å²) in [5.74, 6) is 0.482. The standard InChI is InChI=1S/C26H29N3O4/c1-17(30)27-21-11-7-18(8-12-21)23-22(25(31)29-13-15-32-16-14-29)28-24(33-23)19-5-9-20(10-6-19)26(2,3)4/h5-12H,13-16H2,1-4H3,(H,27,30). The van der Waals surface area contributed by atoms with Gasteiger partial charge in [0.15, 0.2) is 11.5 Å². The van der Waals surface area contributed by atoms with Crippen molar-refractivity contribution in [3.63, 3.8) is 0 Å². The van der Waals surface area contributed by atoms with E-state index in [1.165, 1.54) is 12.5 Å². The van der Waals surface area contributed by atoms with Crippen LogP contribution in [0.4, 0.5) is 5.69 Å². The fraction of sp³-hybridized carbons (Fsp3) is 0.346. The highest BCUT2D eigenvalue weighted by atomic mass is 16.5. The lowest BCUT2D eigenvalue weighted by molar-refractivity contribution is -0.114. The minimum atomic E-state index is -0.180. The largest absolute Gasteiger partial charge is 0.435 e. The van der Waals surface area contributed by atoms with Crippen molar-refractivity contribution in [1.82, 2.24) is 9.88 Å². The Labute approximate surface area is 193 Å². The van der Waals surface area contributed by atoms with E-state index in [1.54, 1.807) is 17.0 Å². The summed E-state index contributed by atoms with van der Waals surface area (Å²) < 4.78 is 11.6. The number of hydrogen-bond acceptors (Lipinski definition) is 5. The normalized spacial score (nSPS) is 14.2. The maximum atomic E-state index is 13.3. The maximum Gasteiger partial charge on any atom is 0.276 e. The summed E-state index contributed by atoms with van der Waals surface area (Å²) in [5, 5.41) is 2.75. The molecule has 7 nitrogen and oxygen atoms in total. The summed E-state index contributed by atoms with van der Waals surface area (Å²) in [4.78, 5) is 31.0. The molecule has 1 aromatic heterocycles. The lowest BCUT2D eigenvalue weighted by Crippen LogP contribution is -2.41. The molecule has 2 heterocycles. The molecule has 1 saturated heterocycles. The highest BCUT2D eigenvalue weighted by Crippen LogP contribution is 2.33. The van der Waals surface area contributed by atoms with E-state index in [9.17, 15) is 9.59 Å². The van der Waals surface area contributed by atoms with Gasteiger partial charge in [0.2, 0.25) is 11.8 Å². The molecular formula is C26H29N3O4. The van der Waals surface area contributed by atoms with Gasteiger partial charge in [0.1, 0.15) is 0 Å². The number of ether oxygens (including phenoxy) is 1. The van der Waals surface area contributed by atoms with Crippen molar-refractivity contribution in [2.45, 2.75) is 33.1 Å². The summed E-state index contributed by atoms with van der Waals surface area (Å²) in [6.45, 7) is 9.99. The number of hydrogen-bond donors (Lipinski definition) is 1. The van der Waals surface area contributed by atoms with E-state index in [-0.39, 0.29) is 22.9 Å². The van der Waals surface area contributed by atoms with Crippen LogP contribution in [0.15, 0.2) is 52.9 Å². The van der Waals surface area contributed by atoms with Gasteiger partial charge in [-0.25, -0.2) is 4.98 Å². The number of aromatic nitrogens is 1. The molecule has 1 fully saturated rings. The van der Waals surface area contributed by atoms with Crippen molar-refractivity contribution in [3.05, 3.63) is 59.8 Å². The Morgan fingerprint density at radius 3 is 2.12 bits per heavy atom. The maximum absolute atomic E-state index is 13.3. The lowest BCUT2D eigenvalue weighted by atomic mass is 9.87. The van der Waals surface area contributed by atoms with Gasteiger partial charge in [0.25, 0.3) is 5.91 Å². The van der Waals surface area contributed by atoms with E-state index in [2.05, 4.69) is 43.2 Å². The van der Waals surface area contributed by atoms with Crippen molar-refractivity contribution in [2.75, 3.05) is 31.6 Å². The van der Waals surface area contributed by atoms with Gasteiger partial charge in [-0.2, -0.15) is 0 Å². The Kier molecular flexibility index (Phi) is 6.33. The number of rotatable bonds is 4. The number of benzene rings is 2. The van der Waals surface area contributed by atoms with Gasteiger partial charge in [-0.05, 0) is 47.4 Å². The fourth-order valence-corrected chi connectivity index (χ4v) is 3.72. The number of nitrogens with zero attached hydrogens (tertiary/aromatic N) is 2. The number of carbonyl (C=O) groups is 2. The van der Waals surface area contributed by atoms with Gasteiger partial charge in [-0.3, -0.25) is 9.59 Å². The third kappa shape index (κ3) is 5.14. The average molecular weight is 448 g/mol. The molecule has 2 aromatic carbocycles. The zero-order chi connectivity index (χ0) is 23.6. The second-order valence-electron chi connectivity index (χ2n) is 9.19. The number of anilines is 1. The Balaban J connectivity index is 1.73. The van der Waals surface area contributed by atoms with E-state index in [0.717, 1.165) is 5.56 Å². The molecular weight excluding hydrogens is 418 g/mol. The predicted molar refractivity (Wildman–Crippen MR) is 127 cm³/mol. The second-order valence-corrected chi connectivity index (χ2v) is 9.19. The predicted octanol–water partition coefficient (Wildman–Crippen LogP) is 4.74. The quantitative estimate of drug-likeness (QED) is 0.625. The van der Waals surface area contributed by atoms with Crippen LogP contribution in [-0.2, 0) is 14.9 Å². The first-order valence-electron chi connectivity index (χ1n) is 11.1. The number of oxazole rings is 1. The minimum Gasteiger partial charge on any atom is -0.435 e. The van der Waals surface area contributed by atoms with Crippen molar-refractivity contribution >= 4 is 17.5 Å². The first-order valence-corrected chi connectivity index (χ1v) is 11.1. The smallest absolute Gasteiger partial charge is 0.276 e. The summed E-state index contributed by atoms with van der Waals surface area (Å²) in [6.07, 6.45) is 0. The first-order chi connectivity index (χ1) is 15.7. The molecule has 0 unspecified atom stereocenters. The highest BCUT2D eigenvalue weighted by Gasteiger charge is 2.27. The summed E-state index contributed by atoms with van der Waals surface area (Å²) in [5.41, 5.74) is 3.71. The van der Waals surface area contributed by atoms with Gasteiger partial charge in [0, 0.05) is 36.8 Å². The van der Waals surface area contributed by atoms with Crippen LogP contribution in [0, 0.1) is 0 Å². The number of nitrogens with one attached hydrogen (secondary N) is 1. The van der Waals surface area contributed by atoms with E-state index in [0.29, 0.717) is 49.2 Å². The van der Waals surface area contributed by atoms with Crippen LogP contribution < -0.4 is 5.32 Å². The van der Waals surface area contributed by atoms with Crippen molar-refractivity contribution in [1.29, 1.82) is 0 Å². The Morgan fingerprint density at radius 2 is 1.55 bits per heavy atom.